The quantitative estimate of drug-likeness (QED) is 0.356. The largest absolute Gasteiger partial charge is 0.368 e. The number of nitrogens with one attached hydrogen (secondary N) is 1. The Labute approximate surface area is 183 Å². The average molecular weight is 441 g/mol. The summed E-state index contributed by atoms with van der Waals surface area (Å²) >= 11 is 12.5. The van der Waals surface area contributed by atoms with Gasteiger partial charge in [0, 0.05) is 16.1 Å². The van der Waals surface area contributed by atoms with Crippen LogP contribution in [-0.4, -0.2) is 27.6 Å². The van der Waals surface area contributed by atoms with Crippen molar-refractivity contribution in [3.8, 4) is 23.1 Å². The Morgan fingerprint density at radius 3 is 2.50 bits per heavy atom. The molecule has 3 aromatic rings. The minimum atomic E-state index is -0.749. The van der Waals surface area contributed by atoms with Gasteiger partial charge in [-0.3, -0.25) is 4.79 Å². The number of benzene rings is 2. The summed E-state index contributed by atoms with van der Waals surface area (Å²) in [5.74, 6) is -0.441. The number of hydrogen-bond acceptors (Lipinski definition) is 4. The zero-order chi connectivity index (χ0) is 21.8. The lowest BCUT2D eigenvalue weighted by atomic mass is 10.1. The number of aromatic nitrogens is 2. The normalized spacial score (nSPS) is 12.3. The van der Waals surface area contributed by atoms with Crippen molar-refractivity contribution in [2.24, 2.45) is 10.7 Å². The maximum atomic E-state index is 11.5. The number of nitrogens with zero attached hydrogens (tertiary/aromatic N) is 4. The van der Waals surface area contributed by atoms with E-state index >= 15 is 0 Å². The van der Waals surface area contributed by atoms with Crippen molar-refractivity contribution >= 4 is 34.9 Å². The molecule has 0 spiro atoms. The van der Waals surface area contributed by atoms with Crippen molar-refractivity contribution in [3.05, 3.63) is 69.8 Å². The molecule has 0 radical (unpaired) electrons. The van der Waals surface area contributed by atoms with Crippen molar-refractivity contribution in [1.29, 1.82) is 5.26 Å². The molecule has 9 heteroatoms. The third-order valence-electron chi connectivity index (χ3n) is 4.49. The standard InChI is InChI=1S/C21H18Cl2N6O/c1-12-18(21(26-11-24)27-13(2)20(25)30)28-29(17-6-4-3-5-16(17)23)19(12)14-7-9-15(22)10-8-14/h3-10,13H,1-2H3,(H2,25,30)(H,26,27)/t13-/m0/s1. The maximum absolute atomic E-state index is 11.5. The molecule has 1 aromatic heterocycles. The summed E-state index contributed by atoms with van der Waals surface area (Å²) in [5, 5.41) is 17.8. The average Bonchev–Trinajstić information content (AvgIpc) is 3.05. The highest BCUT2D eigenvalue weighted by Gasteiger charge is 2.23. The molecule has 0 aliphatic carbocycles. The van der Waals surface area contributed by atoms with Gasteiger partial charge in [0.2, 0.25) is 12.1 Å². The number of amidine groups is 1. The van der Waals surface area contributed by atoms with E-state index in [9.17, 15) is 4.79 Å². The minimum absolute atomic E-state index is 0.141. The van der Waals surface area contributed by atoms with Crippen LogP contribution < -0.4 is 11.1 Å². The first-order valence-electron chi connectivity index (χ1n) is 8.97. The van der Waals surface area contributed by atoms with Crippen LogP contribution in [-0.2, 0) is 4.79 Å². The Morgan fingerprint density at radius 2 is 1.90 bits per heavy atom. The van der Waals surface area contributed by atoms with Gasteiger partial charge in [-0.15, -0.1) is 0 Å². The molecule has 3 N–H and O–H groups in total. The highest BCUT2D eigenvalue weighted by atomic mass is 35.5. The lowest BCUT2D eigenvalue weighted by molar-refractivity contribution is -0.119. The first-order chi connectivity index (χ1) is 14.3. The van der Waals surface area contributed by atoms with Gasteiger partial charge in [-0.05, 0) is 38.1 Å². The second-order valence-corrected chi connectivity index (χ2v) is 7.36. The summed E-state index contributed by atoms with van der Waals surface area (Å²) in [5.41, 5.74) is 8.72. The number of carbonyl (C=O) groups is 1. The number of nitriles is 1. The van der Waals surface area contributed by atoms with Gasteiger partial charge in [0.25, 0.3) is 0 Å². The molecule has 1 amide bonds. The van der Waals surface area contributed by atoms with Gasteiger partial charge in [0.1, 0.15) is 11.7 Å². The summed E-state index contributed by atoms with van der Waals surface area (Å²) in [6, 6.07) is 13.8. The van der Waals surface area contributed by atoms with Crippen LogP contribution in [0.15, 0.2) is 53.5 Å². The molecule has 0 fully saturated rings. The molecule has 3 rings (SSSR count). The zero-order valence-corrected chi connectivity index (χ0v) is 17.7. The van der Waals surface area contributed by atoms with E-state index in [1.807, 2.05) is 37.3 Å². The number of carbonyl (C=O) groups excluding carboxylic acids is 1. The topological polar surface area (TPSA) is 109 Å². The van der Waals surface area contributed by atoms with Gasteiger partial charge in [-0.2, -0.15) is 15.4 Å². The number of halogens is 2. The van der Waals surface area contributed by atoms with Crippen molar-refractivity contribution in [1.82, 2.24) is 15.1 Å². The maximum Gasteiger partial charge on any atom is 0.239 e. The molecule has 0 unspecified atom stereocenters. The highest BCUT2D eigenvalue weighted by Crippen LogP contribution is 2.32. The number of amides is 1. The number of nitrogens with two attached hydrogens (primary N) is 1. The molecule has 0 aliphatic heterocycles. The molecule has 1 heterocycles. The number of hydrogen-bond donors (Lipinski definition) is 2. The summed E-state index contributed by atoms with van der Waals surface area (Å²) in [6.45, 7) is 3.43. The fourth-order valence-corrected chi connectivity index (χ4v) is 3.29. The third-order valence-corrected chi connectivity index (χ3v) is 5.06. The van der Waals surface area contributed by atoms with Gasteiger partial charge >= 0.3 is 0 Å². The van der Waals surface area contributed by atoms with Crippen LogP contribution in [0.4, 0.5) is 0 Å². The molecular weight excluding hydrogens is 423 g/mol. The number of para-hydroxylation sites is 1. The van der Waals surface area contributed by atoms with Gasteiger partial charge in [0.15, 0.2) is 5.84 Å². The van der Waals surface area contributed by atoms with Crippen LogP contribution in [0.25, 0.3) is 16.9 Å². The zero-order valence-electron chi connectivity index (χ0n) is 16.2. The van der Waals surface area contributed by atoms with E-state index in [1.54, 1.807) is 36.0 Å². The van der Waals surface area contributed by atoms with Crippen molar-refractivity contribution in [3.63, 3.8) is 0 Å². The lowest BCUT2D eigenvalue weighted by Gasteiger charge is -2.12. The fourth-order valence-electron chi connectivity index (χ4n) is 2.95. The molecule has 1 atom stereocenters. The molecule has 30 heavy (non-hydrogen) atoms. The Morgan fingerprint density at radius 1 is 1.23 bits per heavy atom. The van der Waals surface area contributed by atoms with Crippen molar-refractivity contribution in [2.45, 2.75) is 19.9 Å². The smallest absolute Gasteiger partial charge is 0.239 e. The highest BCUT2D eigenvalue weighted by molar-refractivity contribution is 6.32. The summed E-state index contributed by atoms with van der Waals surface area (Å²) in [7, 11) is 0. The Kier molecular flexibility index (Phi) is 6.40. The van der Waals surface area contributed by atoms with E-state index < -0.39 is 11.9 Å². The minimum Gasteiger partial charge on any atom is -0.368 e. The predicted molar refractivity (Wildman–Crippen MR) is 118 cm³/mol. The van der Waals surface area contributed by atoms with Crippen LogP contribution in [0.5, 0.6) is 0 Å². The van der Waals surface area contributed by atoms with E-state index in [0.29, 0.717) is 21.4 Å². The monoisotopic (exact) mass is 440 g/mol. The Hall–Kier alpha value is -3.34. The molecule has 2 aromatic carbocycles. The van der Waals surface area contributed by atoms with Crippen LogP contribution >= 0.6 is 23.2 Å². The summed E-state index contributed by atoms with van der Waals surface area (Å²) in [6.07, 6.45) is 1.75. The first-order valence-corrected chi connectivity index (χ1v) is 9.72. The molecule has 0 bridgehead atoms. The van der Waals surface area contributed by atoms with Crippen molar-refractivity contribution in [2.75, 3.05) is 0 Å². The van der Waals surface area contributed by atoms with Crippen molar-refractivity contribution < 1.29 is 4.79 Å². The SMILES string of the molecule is Cc1c(C(=NC#N)N[C@@H](C)C(N)=O)nn(-c2ccccc2Cl)c1-c1ccc(Cl)cc1. The van der Waals surface area contributed by atoms with E-state index in [2.05, 4.69) is 15.4 Å². The third kappa shape index (κ3) is 4.30. The molecular formula is C21H18Cl2N6O. The van der Waals surface area contributed by atoms with E-state index in [-0.39, 0.29) is 5.84 Å². The Bertz CT molecular complexity index is 1160. The molecule has 7 nitrogen and oxygen atoms in total. The second kappa shape index (κ2) is 8.99. The van der Waals surface area contributed by atoms with Crippen LogP contribution in [0.2, 0.25) is 10.0 Å². The van der Waals surface area contributed by atoms with E-state index in [4.69, 9.17) is 34.2 Å². The van der Waals surface area contributed by atoms with Crippen LogP contribution in [0.3, 0.4) is 0 Å². The van der Waals surface area contributed by atoms with Gasteiger partial charge in [0.05, 0.1) is 16.4 Å². The number of rotatable bonds is 5. The molecule has 0 aliphatic rings. The van der Waals surface area contributed by atoms with Gasteiger partial charge < -0.3 is 11.1 Å². The summed E-state index contributed by atoms with van der Waals surface area (Å²) in [4.78, 5) is 15.3. The summed E-state index contributed by atoms with van der Waals surface area (Å²) < 4.78 is 1.68. The van der Waals surface area contributed by atoms with Crippen LogP contribution in [0.1, 0.15) is 18.2 Å². The molecule has 0 saturated heterocycles. The number of aliphatic imine (C=N–C) groups is 1. The second-order valence-electron chi connectivity index (χ2n) is 6.52. The molecule has 0 saturated carbocycles. The Balaban J connectivity index is 2.26. The van der Waals surface area contributed by atoms with E-state index in [1.165, 1.54) is 0 Å². The molecule has 152 valence electrons. The fraction of sp³-hybridized carbons (Fsp3) is 0.143. The lowest BCUT2D eigenvalue weighted by Crippen LogP contribution is -2.42. The van der Waals surface area contributed by atoms with E-state index in [0.717, 1.165) is 16.8 Å². The number of primary amides is 1. The van der Waals surface area contributed by atoms with Gasteiger partial charge in [-0.25, -0.2) is 4.68 Å². The van der Waals surface area contributed by atoms with Crippen LogP contribution in [0, 0.1) is 18.4 Å². The first kappa shape index (κ1) is 21.4. The predicted octanol–water partition coefficient (Wildman–Crippen LogP) is 3.85. The van der Waals surface area contributed by atoms with Gasteiger partial charge in [-0.1, -0.05) is 47.5 Å².